The largest absolute Gasteiger partial charge is 0.452 e. The fraction of sp³-hybridized carbons (Fsp3) is 0.667. The van der Waals surface area contributed by atoms with Gasteiger partial charge in [-0.3, -0.25) is 4.79 Å². The minimum Gasteiger partial charge on any atom is -0.452 e. The maximum absolute atomic E-state index is 13.1. The number of esters is 1. The third-order valence-electron chi connectivity index (χ3n) is 7.56. The third-order valence-corrected chi connectivity index (χ3v) is 9.91. The Morgan fingerprint density at radius 1 is 1.24 bits per heavy atom. The summed E-state index contributed by atoms with van der Waals surface area (Å²) >= 11 is 6.19. The van der Waals surface area contributed by atoms with Crippen LogP contribution in [0.2, 0.25) is 5.02 Å². The van der Waals surface area contributed by atoms with Crippen LogP contribution in [0.1, 0.15) is 62.7 Å². The van der Waals surface area contributed by atoms with E-state index in [9.17, 15) is 18.0 Å². The van der Waals surface area contributed by atoms with E-state index in [1.54, 1.807) is 0 Å². The number of ether oxygens (including phenoxy) is 1. The summed E-state index contributed by atoms with van der Waals surface area (Å²) in [5, 5.41) is 3.02. The number of amides is 1. The molecule has 5 atom stereocenters. The number of benzene rings is 1. The zero-order valence-corrected chi connectivity index (χ0v) is 20.8. The fourth-order valence-corrected chi connectivity index (χ4v) is 7.95. The van der Waals surface area contributed by atoms with Gasteiger partial charge >= 0.3 is 5.97 Å². The summed E-state index contributed by atoms with van der Waals surface area (Å²) in [5.41, 5.74) is 0.0528. The van der Waals surface area contributed by atoms with Gasteiger partial charge in [-0.1, -0.05) is 24.9 Å². The Bertz CT molecular complexity index is 1010. The number of halogens is 1. The van der Waals surface area contributed by atoms with Crippen LogP contribution in [0.5, 0.6) is 0 Å². The molecule has 1 aliphatic heterocycles. The summed E-state index contributed by atoms with van der Waals surface area (Å²) in [6.45, 7) is 4.48. The van der Waals surface area contributed by atoms with Crippen LogP contribution in [0.25, 0.3) is 0 Å². The molecular weight excluding hydrogens is 464 g/mol. The van der Waals surface area contributed by atoms with E-state index in [4.69, 9.17) is 16.3 Å². The normalized spacial score (nSPS) is 28.5. The van der Waals surface area contributed by atoms with Crippen molar-refractivity contribution >= 4 is 33.5 Å². The number of carbonyl (C=O) groups is 2. The van der Waals surface area contributed by atoms with Crippen LogP contribution in [0.4, 0.5) is 0 Å². The van der Waals surface area contributed by atoms with Crippen LogP contribution in [0.15, 0.2) is 23.1 Å². The summed E-state index contributed by atoms with van der Waals surface area (Å²) in [4.78, 5) is 24.8. The predicted molar refractivity (Wildman–Crippen MR) is 125 cm³/mol. The summed E-state index contributed by atoms with van der Waals surface area (Å²) in [6, 6.07) is 4.09. The Morgan fingerprint density at radius 3 is 2.70 bits per heavy atom. The van der Waals surface area contributed by atoms with Crippen LogP contribution in [-0.2, 0) is 19.6 Å². The van der Waals surface area contributed by atoms with E-state index in [2.05, 4.69) is 5.32 Å². The summed E-state index contributed by atoms with van der Waals surface area (Å²) in [7, 11) is -3.83. The quantitative estimate of drug-likeness (QED) is 0.578. The first-order valence-electron chi connectivity index (χ1n) is 11.9. The maximum atomic E-state index is 13.1. The van der Waals surface area contributed by atoms with Gasteiger partial charge in [0.15, 0.2) is 6.61 Å². The molecule has 3 aliphatic rings. The first-order valence-corrected chi connectivity index (χ1v) is 13.7. The van der Waals surface area contributed by atoms with Crippen molar-refractivity contribution in [3.63, 3.8) is 0 Å². The lowest BCUT2D eigenvalue weighted by Crippen LogP contribution is -2.42. The molecule has 9 heteroatoms. The van der Waals surface area contributed by atoms with Gasteiger partial charge in [0.1, 0.15) is 4.90 Å². The number of rotatable bonds is 7. The van der Waals surface area contributed by atoms with Crippen LogP contribution in [-0.4, -0.2) is 50.3 Å². The van der Waals surface area contributed by atoms with E-state index in [0.29, 0.717) is 24.9 Å². The van der Waals surface area contributed by atoms with Gasteiger partial charge in [-0.15, -0.1) is 0 Å². The second kappa shape index (κ2) is 9.92. The van der Waals surface area contributed by atoms with Gasteiger partial charge in [0, 0.05) is 19.1 Å². The molecule has 1 amide bonds. The van der Waals surface area contributed by atoms with Crippen molar-refractivity contribution in [2.24, 2.45) is 23.7 Å². The minimum absolute atomic E-state index is 0.0470. The number of nitrogens with zero attached hydrogens (tertiary/aromatic N) is 1. The number of sulfonamides is 1. The van der Waals surface area contributed by atoms with Crippen molar-refractivity contribution in [3.8, 4) is 0 Å². The van der Waals surface area contributed by atoms with Crippen LogP contribution in [0, 0.1) is 23.7 Å². The number of fused-ring (bicyclic) bond motifs is 2. The number of hydrogen-bond donors (Lipinski definition) is 1. The highest BCUT2D eigenvalue weighted by molar-refractivity contribution is 7.89. The van der Waals surface area contributed by atoms with Gasteiger partial charge in [0.2, 0.25) is 10.0 Å². The molecule has 1 aromatic rings. The number of carbonyl (C=O) groups excluding carboxylic acids is 2. The van der Waals surface area contributed by atoms with E-state index >= 15 is 0 Å². The lowest BCUT2D eigenvalue weighted by atomic mass is 9.84. The van der Waals surface area contributed by atoms with E-state index < -0.39 is 22.6 Å². The number of nitrogens with one attached hydrogen (secondary N) is 1. The molecule has 3 fully saturated rings. The van der Waals surface area contributed by atoms with Crippen molar-refractivity contribution in [1.82, 2.24) is 9.62 Å². The predicted octanol–water partition coefficient (Wildman–Crippen LogP) is 3.86. The highest BCUT2D eigenvalue weighted by Crippen LogP contribution is 2.49. The maximum Gasteiger partial charge on any atom is 0.338 e. The Hall–Kier alpha value is -1.64. The lowest BCUT2D eigenvalue weighted by Gasteiger charge is -2.30. The van der Waals surface area contributed by atoms with Crippen molar-refractivity contribution in [3.05, 3.63) is 28.8 Å². The van der Waals surface area contributed by atoms with Gasteiger partial charge < -0.3 is 10.1 Å². The smallest absolute Gasteiger partial charge is 0.338 e. The SMILES string of the molecule is CC1CCCN(S(=O)(=O)c2cc(C(=O)OCC(=O)NC(C)C3CC4CCC3C4)ccc2Cl)C1. The Labute approximate surface area is 201 Å². The molecule has 0 radical (unpaired) electrons. The van der Waals surface area contributed by atoms with E-state index in [1.807, 2.05) is 13.8 Å². The van der Waals surface area contributed by atoms with Crippen LogP contribution >= 0.6 is 11.6 Å². The molecule has 2 saturated carbocycles. The van der Waals surface area contributed by atoms with Gasteiger partial charge in [0.05, 0.1) is 10.6 Å². The zero-order chi connectivity index (χ0) is 23.8. The number of piperidine rings is 1. The molecule has 1 heterocycles. The second-order valence-electron chi connectivity index (χ2n) is 10.0. The molecular formula is C24H33ClN2O5S. The average Bonchev–Trinajstić information content (AvgIpc) is 3.41. The highest BCUT2D eigenvalue weighted by Gasteiger charge is 2.42. The monoisotopic (exact) mass is 496 g/mol. The van der Waals surface area contributed by atoms with Gasteiger partial charge in [-0.25, -0.2) is 13.2 Å². The number of hydrogen-bond acceptors (Lipinski definition) is 5. The lowest BCUT2D eigenvalue weighted by molar-refractivity contribution is -0.125. The molecule has 182 valence electrons. The summed E-state index contributed by atoms with van der Waals surface area (Å²) in [5.74, 6) is 1.14. The first-order chi connectivity index (χ1) is 15.6. The second-order valence-corrected chi connectivity index (χ2v) is 12.3. The molecule has 0 aromatic heterocycles. The third kappa shape index (κ3) is 5.38. The van der Waals surface area contributed by atoms with Gasteiger partial charge in [-0.2, -0.15) is 4.31 Å². The first kappa shape index (κ1) is 24.5. The Morgan fingerprint density at radius 2 is 2.03 bits per heavy atom. The molecule has 1 N–H and O–H groups in total. The molecule has 1 saturated heterocycles. The Balaban J connectivity index is 1.36. The molecule has 1 aromatic carbocycles. The fourth-order valence-electron chi connectivity index (χ4n) is 5.86. The molecule has 33 heavy (non-hydrogen) atoms. The summed E-state index contributed by atoms with van der Waals surface area (Å²) in [6.07, 6.45) is 6.73. The zero-order valence-electron chi connectivity index (χ0n) is 19.3. The minimum atomic E-state index is -3.83. The van der Waals surface area contributed by atoms with Crippen molar-refractivity contribution in [2.45, 2.75) is 63.3 Å². The molecule has 5 unspecified atom stereocenters. The highest BCUT2D eigenvalue weighted by atomic mass is 35.5. The topological polar surface area (TPSA) is 92.8 Å². The summed E-state index contributed by atoms with van der Waals surface area (Å²) < 4.78 is 32.8. The van der Waals surface area contributed by atoms with Crippen LogP contribution in [0.3, 0.4) is 0 Å². The molecule has 0 spiro atoms. The van der Waals surface area contributed by atoms with Crippen molar-refractivity contribution < 1.29 is 22.7 Å². The van der Waals surface area contributed by atoms with Crippen molar-refractivity contribution in [2.75, 3.05) is 19.7 Å². The van der Waals surface area contributed by atoms with Crippen molar-refractivity contribution in [1.29, 1.82) is 0 Å². The Kier molecular flexibility index (Phi) is 7.36. The molecule has 2 aliphatic carbocycles. The van der Waals surface area contributed by atoms with E-state index in [0.717, 1.165) is 25.2 Å². The molecule has 7 nitrogen and oxygen atoms in total. The van der Waals surface area contributed by atoms with E-state index in [1.165, 1.54) is 41.8 Å². The molecule has 2 bridgehead atoms. The van der Waals surface area contributed by atoms with Gasteiger partial charge in [-0.05, 0) is 80.9 Å². The van der Waals surface area contributed by atoms with Crippen LogP contribution < -0.4 is 5.32 Å². The molecule has 4 rings (SSSR count). The average molecular weight is 497 g/mol. The van der Waals surface area contributed by atoms with Gasteiger partial charge in [0.25, 0.3) is 5.91 Å². The van der Waals surface area contributed by atoms with E-state index in [-0.39, 0.29) is 33.3 Å². The standard InChI is InChI=1S/C24H33ClN2O5S/c1-15-4-3-9-27(13-15)33(30,31)22-12-19(7-8-21(22)25)24(29)32-14-23(28)26-16(2)20-11-17-5-6-18(20)10-17/h7-8,12,15-18,20H,3-6,9-11,13-14H2,1-2H3,(H,26,28).